The summed E-state index contributed by atoms with van der Waals surface area (Å²) in [6.07, 6.45) is 4.08. The number of aromatic amines is 1. The molecule has 1 atom stereocenters. The van der Waals surface area contributed by atoms with Crippen LogP contribution in [0.4, 0.5) is 0 Å². The first-order valence-corrected chi connectivity index (χ1v) is 6.75. The number of hydrogen-bond acceptors (Lipinski definition) is 3. The number of aryl methyl sites for hydroxylation is 1. The Bertz CT molecular complexity index is 373. The van der Waals surface area contributed by atoms with Crippen LogP contribution >= 0.6 is 0 Å². The van der Waals surface area contributed by atoms with E-state index >= 15 is 0 Å². The van der Waals surface area contributed by atoms with E-state index in [1.165, 1.54) is 6.42 Å². The molecule has 1 aromatic rings. The molecule has 18 heavy (non-hydrogen) atoms. The number of amides is 1. The second-order valence-corrected chi connectivity index (χ2v) is 5.16. The Balaban J connectivity index is 2.35. The highest BCUT2D eigenvalue weighted by molar-refractivity contribution is 5.90. The van der Waals surface area contributed by atoms with Gasteiger partial charge in [-0.3, -0.25) is 9.89 Å². The number of carbonyl (C=O) groups excluding carboxylic acids is 1. The summed E-state index contributed by atoms with van der Waals surface area (Å²) in [5.74, 6) is 1.51. The number of nitrogens with one attached hydrogen (secondary N) is 2. The molecule has 1 aromatic heterocycles. The van der Waals surface area contributed by atoms with Crippen molar-refractivity contribution in [3.63, 3.8) is 0 Å². The maximum Gasteiger partial charge on any atom is 0.291 e. The van der Waals surface area contributed by atoms with E-state index < -0.39 is 0 Å². The molecule has 0 aromatic carbocycles. The Morgan fingerprint density at radius 2 is 2.06 bits per heavy atom. The van der Waals surface area contributed by atoms with Crippen molar-refractivity contribution in [1.82, 2.24) is 20.5 Å². The fraction of sp³-hybridized carbons (Fsp3) is 0.769. The van der Waals surface area contributed by atoms with Crippen LogP contribution in [0.3, 0.4) is 0 Å². The summed E-state index contributed by atoms with van der Waals surface area (Å²) in [6.45, 7) is 8.41. The first-order chi connectivity index (χ1) is 8.52. The molecule has 1 amide bonds. The van der Waals surface area contributed by atoms with Crippen LogP contribution in [0.1, 0.15) is 63.4 Å². The van der Waals surface area contributed by atoms with E-state index in [2.05, 4.69) is 34.3 Å². The lowest BCUT2D eigenvalue weighted by atomic mass is 10.0. The van der Waals surface area contributed by atoms with Gasteiger partial charge in [0, 0.05) is 12.5 Å². The zero-order valence-electron chi connectivity index (χ0n) is 11.8. The van der Waals surface area contributed by atoms with Crippen LogP contribution in [0.5, 0.6) is 0 Å². The van der Waals surface area contributed by atoms with Gasteiger partial charge < -0.3 is 5.32 Å². The summed E-state index contributed by atoms with van der Waals surface area (Å²) in [5.41, 5.74) is 0. The first kappa shape index (κ1) is 14.7. The number of hydrogen-bond donors (Lipinski definition) is 2. The fourth-order valence-corrected chi connectivity index (χ4v) is 1.75. The van der Waals surface area contributed by atoms with Crippen molar-refractivity contribution in [1.29, 1.82) is 0 Å². The van der Waals surface area contributed by atoms with E-state index in [1.807, 2.05) is 13.8 Å². The largest absolute Gasteiger partial charge is 0.347 e. The Morgan fingerprint density at radius 1 is 1.33 bits per heavy atom. The lowest BCUT2D eigenvalue weighted by Crippen LogP contribution is -2.33. The minimum Gasteiger partial charge on any atom is -0.347 e. The van der Waals surface area contributed by atoms with Crippen LogP contribution in [0.15, 0.2) is 0 Å². The highest BCUT2D eigenvalue weighted by Crippen LogP contribution is 2.08. The molecule has 1 heterocycles. The van der Waals surface area contributed by atoms with Crippen LogP contribution in [0.2, 0.25) is 0 Å². The third-order valence-electron chi connectivity index (χ3n) is 2.87. The third-order valence-corrected chi connectivity index (χ3v) is 2.87. The van der Waals surface area contributed by atoms with E-state index in [9.17, 15) is 4.79 Å². The predicted molar refractivity (Wildman–Crippen MR) is 71.4 cm³/mol. The molecule has 0 aliphatic carbocycles. The van der Waals surface area contributed by atoms with Gasteiger partial charge in [0.05, 0.1) is 0 Å². The third kappa shape index (κ3) is 4.85. The molecule has 1 rings (SSSR count). The van der Waals surface area contributed by atoms with E-state index in [1.54, 1.807) is 0 Å². The zero-order valence-corrected chi connectivity index (χ0v) is 11.8. The Kier molecular flexibility index (Phi) is 5.82. The van der Waals surface area contributed by atoms with Gasteiger partial charge in [0.25, 0.3) is 5.91 Å². The van der Waals surface area contributed by atoms with Crippen molar-refractivity contribution in [3.05, 3.63) is 11.6 Å². The van der Waals surface area contributed by atoms with Crippen molar-refractivity contribution in [2.24, 2.45) is 5.92 Å². The normalized spacial score (nSPS) is 12.7. The summed E-state index contributed by atoms with van der Waals surface area (Å²) in [6, 6.07) is 0.167. The SMILES string of the molecule is CCc1nc(C(=O)NC(C)CCCC(C)C)n[nH]1. The van der Waals surface area contributed by atoms with Gasteiger partial charge >= 0.3 is 0 Å². The molecule has 5 nitrogen and oxygen atoms in total. The van der Waals surface area contributed by atoms with Crippen LogP contribution < -0.4 is 5.32 Å². The quantitative estimate of drug-likeness (QED) is 0.782. The van der Waals surface area contributed by atoms with Crippen molar-refractivity contribution >= 4 is 5.91 Å². The molecule has 0 saturated carbocycles. The molecule has 0 bridgehead atoms. The minimum absolute atomic E-state index is 0.167. The zero-order chi connectivity index (χ0) is 13.5. The average Bonchev–Trinajstić information content (AvgIpc) is 2.76. The summed E-state index contributed by atoms with van der Waals surface area (Å²) in [4.78, 5) is 15.9. The van der Waals surface area contributed by atoms with E-state index in [0.717, 1.165) is 25.1 Å². The number of nitrogens with zero attached hydrogens (tertiary/aromatic N) is 2. The topological polar surface area (TPSA) is 70.7 Å². The molecule has 0 aliphatic heterocycles. The predicted octanol–water partition coefficient (Wildman–Crippen LogP) is 2.31. The summed E-state index contributed by atoms with van der Waals surface area (Å²) >= 11 is 0. The minimum atomic E-state index is -0.192. The first-order valence-electron chi connectivity index (χ1n) is 6.75. The lowest BCUT2D eigenvalue weighted by molar-refractivity contribution is 0.0927. The number of rotatable bonds is 7. The van der Waals surface area contributed by atoms with E-state index in [4.69, 9.17) is 0 Å². The number of carbonyl (C=O) groups is 1. The Morgan fingerprint density at radius 3 is 2.61 bits per heavy atom. The van der Waals surface area contributed by atoms with Gasteiger partial charge in [-0.2, -0.15) is 0 Å². The van der Waals surface area contributed by atoms with E-state index in [-0.39, 0.29) is 17.8 Å². The van der Waals surface area contributed by atoms with Crippen LogP contribution in [0, 0.1) is 5.92 Å². The maximum atomic E-state index is 11.8. The van der Waals surface area contributed by atoms with Gasteiger partial charge in [-0.1, -0.05) is 33.6 Å². The van der Waals surface area contributed by atoms with E-state index in [0.29, 0.717) is 5.92 Å². The second kappa shape index (κ2) is 7.13. The molecule has 0 aliphatic rings. The Hall–Kier alpha value is -1.39. The van der Waals surface area contributed by atoms with Crippen molar-refractivity contribution < 1.29 is 4.79 Å². The highest BCUT2D eigenvalue weighted by Gasteiger charge is 2.14. The standard InChI is InChI=1S/C13H24N4O/c1-5-11-15-12(17-16-11)13(18)14-10(4)8-6-7-9(2)3/h9-10H,5-8H2,1-4H3,(H,14,18)(H,15,16,17). The van der Waals surface area contributed by atoms with Gasteiger partial charge in [0.15, 0.2) is 0 Å². The van der Waals surface area contributed by atoms with Crippen molar-refractivity contribution in [2.75, 3.05) is 0 Å². The van der Waals surface area contributed by atoms with Gasteiger partial charge in [-0.05, 0) is 19.3 Å². The Labute approximate surface area is 109 Å². The smallest absolute Gasteiger partial charge is 0.291 e. The highest BCUT2D eigenvalue weighted by atomic mass is 16.2. The van der Waals surface area contributed by atoms with Gasteiger partial charge in [0.2, 0.25) is 5.82 Å². The molecule has 0 saturated heterocycles. The molecule has 2 N–H and O–H groups in total. The molecule has 1 unspecified atom stereocenters. The molecular formula is C13H24N4O. The van der Waals surface area contributed by atoms with Crippen LogP contribution in [-0.2, 0) is 6.42 Å². The van der Waals surface area contributed by atoms with Gasteiger partial charge in [0.1, 0.15) is 5.82 Å². The fourth-order valence-electron chi connectivity index (χ4n) is 1.75. The molecule has 0 radical (unpaired) electrons. The maximum absolute atomic E-state index is 11.8. The van der Waals surface area contributed by atoms with Crippen LogP contribution in [-0.4, -0.2) is 27.1 Å². The summed E-state index contributed by atoms with van der Waals surface area (Å²) in [5, 5.41) is 9.57. The summed E-state index contributed by atoms with van der Waals surface area (Å²) in [7, 11) is 0. The monoisotopic (exact) mass is 252 g/mol. The molecular weight excluding hydrogens is 228 g/mol. The molecule has 0 spiro atoms. The van der Waals surface area contributed by atoms with Gasteiger partial charge in [-0.25, -0.2) is 4.98 Å². The number of H-pyrrole nitrogens is 1. The second-order valence-electron chi connectivity index (χ2n) is 5.16. The number of aromatic nitrogens is 3. The van der Waals surface area contributed by atoms with Crippen molar-refractivity contribution in [3.8, 4) is 0 Å². The molecule has 102 valence electrons. The van der Waals surface area contributed by atoms with Crippen molar-refractivity contribution in [2.45, 2.75) is 59.4 Å². The molecule has 0 fully saturated rings. The average molecular weight is 252 g/mol. The molecule has 5 heteroatoms. The lowest BCUT2D eigenvalue weighted by Gasteiger charge is -2.13. The van der Waals surface area contributed by atoms with Gasteiger partial charge in [-0.15, -0.1) is 5.10 Å². The summed E-state index contributed by atoms with van der Waals surface area (Å²) < 4.78 is 0. The van der Waals surface area contributed by atoms with Crippen LogP contribution in [0.25, 0.3) is 0 Å².